The zero-order valence-electron chi connectivity index (χ0n) is 14.4. The van der Waals surface area contributed by atoms with Gasteiger partial charge in [0, 0.05) is 5.70 Å². The lowest BCUT2D eigenvalue weighted by Crippen LogP contribution is -2.24. The summed E-state index contributed by atoms with van der Waals surface area (Å²) in [6.07, 6.45) is 1.58. The smallest absolute Gasteiger partial charge is 0.340 e. The molecule has 3 rings (SSSR count). The van der Waals surface area contributed by atoms with Gasteiger partial charge < -0.3 is 4.74 Å². The van der Waals surface area contributed by atoms with E-state index in [1.165, 1.54) is 12.0 Å². The van der Waals surface area contributed by atoms with Gasteiger partial charge in [-0.1, -0.05) is 53.0 Å². The SMILES string of the molecule is COC(=O)C1=C(C)N(c2ccccc2Cl)C(=O)/C1=C\c1ccc(Cl)c(Cl)c1. The molecule has 0 aliphatic carbocycles. The number of para-hydroxylation sites is 1. The summed E-state index contributed by atoms with van der Waals surface area (Å²) in [6.45, 7) is 1.67. The van der Waals surface area contributed by atoms with E-state index in [1.54, 1.807) is 55.5 Å². The molecule has 138 valence electrons. The van der Waals surface area contributed by atoms with Crippen LogP contribution in [0.15, 0.2) is 59.3 Å². The highest BCUT2D eigenvalue weighted by Gasteiger charge is 2.38. The largest absolute Gasteiger partial charge is 0.465 e. The Morgan fingerprint density at radius 1 is 1.04 bits per heavy atom. The minimum absolute atomic E-state index is 0.175. The number of halogens is 3. The third kappa shape index (κ3) is 3.61. The Labute approximate surface area is 171 Å². The van der Waals surface area contributed by atoms with Gasteiger partial charge in [0.05, 0.1) is 39.0 Å². The van der Waals surface area contributed by atoms with Crippen molar-refractivity contribution >= 4 is 58.4 Å². The molecule has 1 heterocycles. The summed E-state index contributed by atoms with van der Waals surface area (Å²) in [7, 11) is 1.27. The normalized spacial score (nSPS) is 15.7. The molecule has 27 heavy (non-hydrogen) atoms. The Bertz CT molecular complexity index is 1010. The van der Waals surface area contributed by atoms with Crippen molar-refractivity contribution in [1.29, 1.82) is 0 Å². The summed E-state index contributed by atoms with van der Waals surface area (Å²) in [5, 5.41) is 1.14. The van der Waals surface area contributed by atoms with Crippen LogP contribution in [0.25, 0.3) is 6.08 Å². The van der Waals surface area contributed by atoms with Crippen LogP contribution >= 0.6 is 34.8 Å². The molecule has 0 bridgehead atoms. The van der Waals surface area contributed by atoms with Crippen LogP contribution in [-0.4, -0.2) is 19.0 Å². The van der Waals surface area contributed by atoms with Crippen LogP contribution in [0, 0.1) is 0 Å². The van der Waals surface area contributed by atoms with Crippen LogP contribution in [-0.2, 0) is 14.3 Å². The van der Waals surface area contributed by atoms with Gasteiger partial charge in [0.25, 0.3) is 5.91 Å². The monoisotopic (exact) mass is 421 g/mol. The van der Waals surface area contributed by atoms with Crippen LogP contribution < -0.4 is 4.90 Å². The standard InChI is InChI=1S/C20H14Cl3NO3/c1-11-18(20(26)27-2)13(9-12-7-8-14(21)16(23)10-12)19(25)24(11)17-6-4-3-5-15(17)22/h3-10H,1-2H3/b13-9-. The number of amides is 1. The van der Waals surface area contributed by atoms with Crippen LogP contribution in [0.4, 0.5) is 5.69 Å². The van der Waals surface area contributed by atoms with Gasteiger partial charge in [-0.25, -0.2) is 4.79 Å². The predicted molar refractivity (Wildman–Crippen MR) is 108 cm³/mol. The number of allylic oxidation sites excluding steroid dienone is 1. The van der Waals surface area contributed by atoms with E-state index in [0.29, 0.717) is 32.0 Å². The molecule has 0 aromatic heterocycles. The van der Waals surface area contributed by atoms with E-state index in [0.717, 1.165) is 0 Å². The molecule has 7 heteroatoms. The topological polar surface area (TPSA) is 46.6 Å². The zero-order chi connectivity index (χ0) is 19.7. The number of anilines is 1. The van der Waals surface area contributed by atoms with Gasteiger partial charge in [0.1, 0.15) is 0 Å². The number of carbonyl (C=O) groups excluding carboxylic acids is 2. The second-order valence-electron chi connectivity index (χ2n) is 5.78. The third-order valence-electron chi connectivity index (χ3n) is 4.14. The highest BCUT2D eigenvalue weighted by atomic mass is 35.5. The summed E-state index contributed by atoms with van der Waals surface area (Å²) in [5.74, 6) is -0.992. The molecule has 1 aliphatic heterocycles. The van der Waals surface area contributed by atoms with Crippen LogP contribution in [0.3, 0.4) is 0 Å². The van der Waals surface area contributed by atoms with Crippen molar-refractivity contribution in [1.82, 2.24) is 0 Å². The number of hydrogen-bond acceptors (Lipinski definition) is 3. The van der Waals surface area contributed by atoms with E-state index < -0.39 is 5.97 Å². The molecule has 0 radical (unpaired) electrons. The van der Waals surface area contributed by atoms with Crippen LogP contribution in [0.5, 0.6) is 0 Å². The molecule has 0 atom stereocenters. The molecule has 1 aliphatic rings. The van der Waals surface area contributed by atoms with Crippen LogP contribution in [0.2, 0.25) is 15.1 Å². The molecular formula is C20H14Cl3NO3. The first-order chi connectivity index (χ1) is 12.8. The minimum atomic E-state index is -0.610. The molecule has 2 aromatic carbocycles. The van der Waals surface area contributed by atoms with E-state index in [2.05, 4.69) is 0 Å². The van der Waals surface area contributed by atoms with Crippen molar-refractivity contribution in [2.75, 3.05) is 12.0 Å². The molecular weight excluding hydrogens is 409 g/mol. The summed E-state index contributed by atoms with van der Waals surface area (Å²) in [5.41, 5.74) is 1.92. The number of rotatable bonds is 3. The van der Waals surface area contributed by atoms with Crippen LogP contribution in [0.1, 0.15) is 12.5 Å². The Kier molecular flexibility index (Phi) is 5.61. The van der Waals surface area contributed by atoms with Crippen molar-refractivity contribution in [2.24, 2.45) is 0 Å². The molecule has 0 spiro atoms. The lowest BCUT2D eigenvalue weighted by Gasteiger charge is -2.19. The Hall–Kier alpha value is -2.27. The van der Waals surface area contributed by atoms with E-state index in [9.17, 15) is 9.59 Å². The first kappa shape index (κ1) is 19.5. The lowest BCUT2D eigenvalue weighted by molar-refractivity contribution is -0.136. The highest BCUT2D eigenvalue weighted by Crippen LogP contribution is 2.38. The number of carbonyl (C=O) groups is 2. The van der Waals surface area contributed by atoms with Gasteiger partial charge in [-0.3, -0.25) is 9.69 Å². The quantitative estimate of drug-likeness (QED) is 0.483. The average molecular weight is 423 g/mol. The number of benzene rings is 2. The summed E-state index contributed by atoms with van der Waals surface area (Å²) in [4.78, 5) is 26.9. The Balaban J connectivity index is 2.17. The van der Waals surface area contributed by atoms with Gasteiger partial charge in [-0.05, 0) is 42.8 Å². The molecule has 1 amide bonds. The fraction of sp³-hybridized carbons (Fsp3) is 0.100. The maximum Gasteiger partial charge on any atom is 0.340 e. The fourth-order valence-corrected chi connectivity index (χ4v) is 3.40. The van der Waals surface area contributed by atoms with E-state index in [-0.39, 0.29) is 17.1 Å². The molecule has 0 fully saturated rings. The van der Waals surface area contributed by atoms with Gasteiger partial charge in [0.15, 0.2) is 0 Å². The second-order valence-corrected chi connectivity index (χ2v) is 7.00. The minimum Gasteiger partial charge on any atom is -0.465 e. The van der Waals surface area contributed by atoms with Gasteiger partial charge >= 0.3 is 5.97 Å². The van der Waals surface area contributed by atoms with Gasteiger partial charge in [0.2, 0.25) is 0 Å². The highest BCUT2D eigenvalue weighted by molar-refractivity contribution is 6.42. The van der Waals surface area contributed by atoms with Crippen molar-refractivity contribution in [3.8, 4) is 0 Å². The zero-order valence-corrected chi connectivity index (χ0v) is 16.7. The van der Waals surface area contributed by atoms with Crippen molar-refractivity contribution in [3.63, 3.8) is 0 Å². The maximum atomic E-state index is 13.1. The molecule has 0 saturated carbocycles. The van der Waals surface area contributed by atoms with Gasteiger partial charge in [-0.2, -0.15) is 0 Å². The van der Waals surface area contributed by atoms with E-state index >= 15 is 0 Å². The number of methoxy groups -OCH3 is 1. The van der Waals surface area contributed by atoms with Crippen molar-refractivity contribution < 1.29 is 14.3 Å². The summed E-state index contributed by atoms with van der Waals surface area (Å²) in [6, 6.07) is 11.9. The Morgan fingerprint density at radius 3 is 2.37 bits per heavy atom. The molecule has 0 unspecified atom stereocenters. The summed E-state index contributed by atoms with van der Waals surface area (Å²) < 4.78 is 4.88. The van der Waals surface area contributed by atoms with Crippen molar-refractivity contribution in [2.45, 2.75) is 6.92 Å². The number of ether oxygens (including phenoxy) is 1. The molecule has 0 saturated heterocycles. The fourth-order valence-electron chi connectivity index (χ4n) is 2.87. The average Bonchev–Trinajstić information content (AvgIpc) is 2.88. The number of nitrogens with zero attached hydrogens (tertiary/aromatic N) is 1. The third-order valence-corrected chi connectivity index (χ3v) is 5.20. The molecule has 2 aromatic rings. The lowest BCUT2D eigenvalue weighted by atomic mass is 10.0. The van der Waals surface area contributed by atoms with Gasteiger partial charge in [-0.15, -0.1) is 0 Å². The summed E-state index contributed by atoms with van der Waals surface area (Å²) >= 11 is 18.3. The molecule has 0 N–H and O–H groups in total. The molecule has 4 nitrogen and oxygen atoms in total. The maximum absolute atomic E-state index is 13.1. The second kappa shape index (κ2) is 7.77. The first-order valence-corrected chi connectivity index (χ1v) is 9.04. The Morgan fingerprint density at radius 2 is 1.74 bits per heavy atom. The number of esters is 1. The van der Waals surface area contributed by atoms with E-state index in [4.69, 9.17) is 39.5 Å². The first-order valence-electron chi connectivity index (χ1n) is 7.90. The van der Waals surface area contributed by atoms with E-state index in [1.807, 2.05) is 0 Å². The number of hydrogen-bond donors (Lipinski definition) is 0. The predicted octanol–water partition coefficient (Wildman–Crippen LogP) is 5.52. The van der Waals surface area contributed by atoms with Crippen molar-refractivity contribution in [3.05, 3.63) is 79.9 Å².